The minimum atomic E-state index is -0.687. The number of aromatic nitrogens is 3. The fourth-order valence-corrected chi connectivity index (χ4v) is 3.29. The molecule has 2 aromatic heterocycles. The van der Waals surface area contributed by atoms with E-state index >= 15 is 0 Å². The van der Waals surface area contributed by atoms with Gasteiger partial charge >= 0.3 is 0 Å². The van der Waals surface area contributed by atoms with Crippen molar-refractivity contribution in [2.75, 3.05) is 25.2 Å². The Hall–Kier alpha value is -3.29. The molecule has 8 heteroatoms. The topological polar surface area (TPSA) is 59.7 Å². The van der Waals surface area contributed by atoms with E-state index in [-0.39, 0.29) is 23.7 Å². The minimum Gasteiger partial charge on any atom is -0.383 e. The summed E-state index contributed by atoms with van der Waals surface area (Å²) in [5.74, 6) is -1.20. The first-order valence-electron chi connectivity index (χ1n) is 9.16. The second kappa shape index (κ2) is 8.61. The molecular formula is C22H17ClFN4O2. The molecule has 4 rings (SSSR count). The van der Waals surface area contributed by atoms with Crippen LogP contribution in [0.4, 0.5) is 10.1 Å². The Morgan fingerprint density at radius 3 is 2.93 bits per heavy atom. The fraction of sp³-hybridized carbons (Fsp3) is 0.136. The molecule has 0 N–H and O–H groups in total. The second-order valence-electron chi connectivity index (χ2n) is 6.46. The fourth-order valence-electron chi connectivity index (χ4n) is 3.13. The number of methoxy groups -OCH3 is 1. The maximum atomic E-state index is 14.5. The summed E-state index contributed by atoms with van der Waals surface area (Å²) < 4.78 is 21.3. The number of benzene rings is 2. The van der Waals surface area contributed by atoms with Gasteiger partial charge in [0.25, 0.3) is 5.91 Å². The molecule has 2 heterocycles. The van der Waals surface area contributed by atoms with Crippen molar-refractivity contribution in [2.45, 2.75) is 0 Å². The van der Waals surface area contributed by atoms with Crippen molar-refractivity contribution in [1.82, 2.24) is 14.6 Å². The first kappa shape index (κ1) is 20.0. The molecule has 2 aromatic carbocycles. The second-order valence-corrected chi connectivity index (χ2v) is 6.89. The maximum absolute atomic E-state index is 14.5. The molecule has 0 fully saturated rings. The van der Waals surface area contributed by atoms with Crippen molar-refractivity contribution < 1.29 is 13.9 Å². The molecule has 30 heavy (non-hydrogen) atoms. The number of carbonyl (C=O) groups is 1. The van der Waals surface area contributed by atoms with Gasteiger partial charge in [-0.2, -0.15) is 5.10 Å². The first-order chi connectivity index (χ1) is 14.6. The van der Waals surface area contributed by atoms with Crippen LogP contribution in [0.1, 0.15) is 10.4 Å². The Bertz CT molecular complexity index is 1180. The molecule has 0 atom stereocenters. The van der Waals surface area contributed by atoms with Crippen molar-refractivity contribution >= 4 is 28.8 Å². The molecule has 0 aliphatic heterocycles. The van der Waals surface area contributed by atoms with Crippen LogP contribution >= 0.6 is 11.6 Å². The summed E-state index contributed by atoms with van der Waals surface area (Å²) in [6, 6.07) is 16.0. The zero-order valence-electron chi connectivity index (χ0n) is 16.0. The summed E-state index contributed by atoms with van der Waals surface area (Å²) in [6.45, 7) is 0.482. The highest BCUT2D eigenvalue weighted by Gasteiger charge is 2.24. The molecule has 151 valence electrons. The summed E-state index contributed by atoms with van der Waals surface area (Å²) in [5, 5.41) is 4.75. The third-order valence-corrected chi connectivity index (χ3v) is 4.78. The average molecular weight is 424 g/mol. The number of hydrogen-bond donors (Lipinski definition) is 0. The minimum absolute atomic E-state index is 0.0815. The highest BCUT2D eigenvalue weighted by molar-refractivity contribution is 6.30. The molecule has 0 spiro atoms. The Morgan fingerprint density at radius 2 is 2.17 bits per heavy atom. The Morgan fingerprint density at radius 1 is 1.30 bits per heavy atom. The lowest BCUT2D eigenvalue weighted by Gasteiger charge is -2.25. The molecule has 0 saturated carbocycles. The number of fused-ring (bicyclic) bond motifs is 1. The number of nitrogens with zero attached hydrogens (tertiary/aromatic N) is 4. The van der Waals surface area contributed by atoms with E-state index in [4.69, 9.17) is 16.3 Å². The van der Waals surface area contributed by atoms with Gasteiger partial charge in [0.05, 0.1) is 23.6 Å². The molecule has 1 radical (unpaired) electrons. The zero-order chi connectivity index (χ0) is 21.1. The van der Waals surface area contributed by atoms with Crippen LogP contribution in [0.2, 0.25) is 5.02 Å². The molecule has 1 amide bonds. The Labute approximate surface area is 177 Å². The van der Waals surface area contributed by atoms with Crippen LogP contribution in [0, 0.1) is 11.9 Å². The van der Waals surface area contributed by atoms with Gasteiger partial charge in [-0.25, -0.2) is 13.9 Å². The summed E-state index contributed by atoms with van der Waals surface area (Å²) in [6.07, 6.45) is 3.46. The van der Waals surface area contributed by atoms with Crippen LogP contribution in [-0.4, -0.2) is 40.8 Å². The first-order valence-corrected chi connectivity index (χ1v) is 9.53. The molecule has 0 saturated heterocycles. The predicted octanol–water partition coefficient (Wildman–Crippen LogP) is 4.28. The highest BCUT2D eigenvalue weighted by Crippen LogP contribution is 2.31. The van der Waals surface area contributed by atoms with Crippen LogP contribution in [-0.2, 0) is 4.74 Å². The largest absolute Gasteiger partial charge is 0.383 e. The van der Waals surface area contributed by atoms with Crippen molar-refractivity contribution in [3.05, 3.63) is 83.4 Å². The smallest absolute Gasteiger partial charge is 0.261 e. The normalized spacial score (nSPS) is 11.0. The van der Waals surface area contributed by atoms with E-state index in [1.807, 2.05) is 0 Å². The van der Waals surface area contributed by atoms with Crippen molar-refractivity contribution in [1.29, 1.82) is 0 Å². The van der Waals surface area contributed by atoms with Gasteiger partial charge in [-0.15, -0.1) is 0 Å². The van der Waals surface area contributed by atoms with Crippen molar-refractivity contribution in [3.63, 3.8) is 0 Å². The van der Waals surface area contributed by atoms with E-state index in [9.17, 15) is 9.18 Å². The number of hydrogen-bond acceptors (Lipinski definition) is 4. The summed E-state index contributed by atoms with van der Waals surface area (Å²) >= 11 is 5.84. The van der Waals surface area contributed by atoms with Crippen LogP contribution in [0.5, 0.6) is 0 Å². The van der Waals surface area contributed by atoms with E-state index in [2.05, 4.69) is 16.1 Å². The van der Waals surface area contributed by atoms with Gasteiger partial charge in [-0.05, 0) is 36.4 Å². The van der Waals surface area contributed by atoms with Gasteiger partial charge in [-0.3, -0.25) is 4.79 Å². The van der Waals surface area contributed by atoms with E-state index in [0.717, 1.165) is 6.07 Å². The lowest BCUT2D eigenvalue weighted by atomic mass is 10.1. The Kier molecular flexibility index (Phi) is 5.74. The number of amides is 1. The maximum Gasteiger partial charge on any atom is 0.261 e. The number of anilines is 1. The standard InChI is InChI=1S/C22H17ClFN4O2/c1-30-12-11-27(22(29)16-8-7-15(23)13-18(16)24)20-6-3-2-5-17(20)19-14-21-25-9-4-10-28(21)26-19/h2-4,6-10,13-14H,11-12H2,1H3. The SMILES string of the molecule is COCCN(C(=O)c1ccc(Cl)cc1F)c1ccc[c]c1-c1cc2ncccn2n1. The van der Waals surface area contributed by atoms with E-state index in [0.29, 0.717) is 22.6 Å². The van der Waals surface area contributed by atoms with Crippen molar-refractivity contribution in [3.8, 4) is 11.3 Å². The van der Waals surface area contributed by atoms with Gasteiger partial charge in [0.15, 0.2) is 5.65 Å². The predicted molar refractivity (Wildman–Crippen MR) is 112 cm³/mol. The molecule has 0 aliphatic rings. The molecule has 0 unspecified atom stereocenters. The number of ether oxygens (including phenoxy) is 1. The zero-order valence-corrected chi connectivity index (χ0v) is 16.8. The quantitative estimate of drug-likeness (QED) is 0.464. The summed E-state index contributed by atoms with van der Waals surface area (Å²) in [5.41, 5.74) is 2.31. The molecular weight excluding hydrogens is 407 g/mol. The Balaban J connectivity index is 1.81. The number of carbonyl (C=O) groups excluding carboxylic acids is 1. The average Bonchev–Trinajstić information content (AvgIpc) is 3.18. The molecule has 0 bridgehead atoms. The van der Waals surface area contributed by atoms with E-state index < -0.39 is 11.7 Å². The van der Waals surface area contributed by atoms with E-state index in [1.54, 1.807) is 47.2 Å². The van der Waals surface area contributed by atoms with Gasteiger partial charge in [0.1, 0.15) is 5.82 Å². The third-order valence-electron chi connectivity index (χ3n) is 4.54. The summed E-state index contributed by atoms with van der Waals surface area (Å²) in [4.78, 5) is 19.0. The molecule has 0 aliphatic carbocycles. The van der Waals surface area contributed by atoms with Crippen LogP contribution in [0.25, 0.3) is 16.9 Å². The van der Waals surface area contributed by atoms with Crippen LogP contribution in [0.3, 0.4) is 0 Å². The molecule has 4 aromatic rings. The van der Waals surface area contributed by atoms with E-state index in [1.165, 1.54) is 24.1 Å². The van der Waals surface area contributed by atoms with Gasteiger partial charge in [0, 0.05) is 42.7 Å². The number of halogens is 2. The highest BCUT2D eigenvalue weighted by atomic mass is 35.5. The van der Waals surface area contributed by atoms with Crippen LogP contribution in [0.15, 0.2) is 60.9 Å². The molecule has 6 nitrogen and oxygen atoms in total. The van der Waals surface area contributed by atoms with Gasteiger partial charge < -0.3 is 9.64 Å². The lowest BCUT2D eigenvalue weighted by Crippen LogP contribution is -2.35. The lowest BCUT2D eigenvalue weighted by molar-refractivity contribution is 0.0972. The van der Waals surface area contributed by atoms with Crippen molar-refractivity contribution in [2.24, 2.45) is 0 Å². The monoisotopic (exact) mass is 423 g/mol. The van der Waals surface area contributed by atoms with Gasteiger partial charge in [0.2, 0.25) is 0 Å². The van der Waals surface area contributed by atoms with Gasteiger partial charge in [-0.1, -0.05) is 23.7 Å². The third kappa shape index (κ3) is 3.90. The van der Waals surface area contributed by atoms with Crippen LogP contribution < -0.4 is 4.90 Å². The summed E-state index contributed by atoms with van der Waals surface area (Å²) in [7, 11) is 1.54. The number of rotatable bonds is 6.